The van der Waals surface area contributed by atoms with Crippen LogP contribution in [-0.2, 0) is 9.59 Å². The molecule has 2 amide bonds. The number of hydrogen-bond donors (Lipinski definition) is 2. The van der Waals surface area contributed by atoms with Gasteiger partial charge >= 0.3 is 0 Å². The molecule has 0 atom stereocenters. The van der Waals surface area contributed by atoms with E-state index in [2.05, 4.69) is 20.8 Å². The lowest BCUT2D eigenvalue weighted by atomic mass is 10.3. The standard InChI is InChI=1S/C18H14ClN5O5S2/c19-11-1-7-14(8-2-11)29-9-15(25)21-17-22-23-18(31-17)30-10-16(26)20-12-3-5-13(6-4-12)24(27)28/h1-8H,9-10H2,(H,20,26)(H,21,22,25). The largest absolute Gasteiger partial charge is 0.484 e. The Kier molecular flexibility index (Phi) is 7.76. The molecule has 0 fully saturated rings. The molecule has 0 aliphatic rings. The first-order chi connectivity index (χ1) is 14.9. The Morgan fingerprint density at radius 2 is 1.77 bits per heavy atom. The summed E-state index contributed by atoms with van der Waals surface area (Å²) in [5.74, 6) is -0.152. The van der Waals surface area contributed by atoms with Crippen LogP contribution in [0.15, 0.2) is 52.9 Å². The SMILES string of the molecule is O=C(CSc1nnc(NC(=O)COc2ccc(Cl)cc2)s1)Nc1ccc([N+](=O)[O-])cc1. The number of non-ortho nitro benzene ring substituents is 1. The number of benzene rings is 2. The van der Waals surface area contributed by atoms with E-state index >= 15 is 0 Å². The summed E-state index contributed by atoms with van der Waals surface area (Å²) in [4.78, 5) is 34.1. The topological polar surface area (TPSA) is 136 Å². The van der Waals surface area contributed by atoms with E-state index in [9.17, 15) is 19.7 Å². The van der Waals surface area contributed by atoms with Gasteiger partial charge in [0.05, 0.1) is 10.7 Å². The summed E-state index contributed by atoms with van der Waals surface area (Å²) in [6, 6.07) is 12.1. The van der Waals surface area contributed by atoms with Crippen molar-refractivity contribution in [3.05, 3.63) is 63.7 Å². The van der Waals surface area contributed by atoms with Crippen LogP contribution in [0.5, 0.6) is 5.75 Å². The van der Waals surface area contributed by atoms with Gasteiger partial charge in [0.15, 0.2) is 10.9 Å². The van der Waals surface area contributed by atoms with Gasteiger partial charge in [-0.05, 0) is 36.4 Å². The van der Waals surface area contributed by atoms with Crippen molar-refractivity contribution in [1.29, 1.82) is 0 Å². The molecule has 3 rings (SSSR count). The Balaban J connectivity index is 1.41. The lowest BCUT2D eigenvalue weighted by Crippen LogP contribution is -2.20. The first kappa shape index (κ1) is 22.5. The van der Waals surface area contributed by atoms with Gasteiger partial charge in [-0.15, -0.1) is 10.2 Å². The predicted octanol–water partition coefficient (Wildman–Crippen LogP) is 3.85. The molecule has 0 saturated carbocycles. The Hall–Kier alpha value is -3.22. The molecular formula is C18H14ClN5O5S2. The highest BCUT2D eigenvalue weighted by Gasteiger charge is 2.12. The third kappa shape index (κ3) is 7.20. The van der Waals surface area contributed by atoms with E-state index in [1.165, 1.54) is 24.3 Å². The molecule has 13 heteroatoms. The molecule has 0 bridgehead atoms. The normalized spacial score (nSPS) is 10.4. The molecular weight excluding hydrogens is 466 g/mol. The van der Waals surface area contributed by atoms with Crippen LogP contribution >= 0.6 is 34.7 Å². The first-order valence-electron chi connectivity index (χ1n) is 8.58. The number of ether oxygens (including phenoxy) is 1. The van der Waals surface area contributed by atoms with Crippen molar-refractivity contribution in [3.8, 4) is 5.75 Å². The number of anilines is 2. The molecule has 1 aromatic heterocycles. The van der Waals surface area contributed by atoms with Crippen molar-refractivity contribution < 1.29 is 19.2 Å². The number of halogens is 1. The number of thioether (sulfide) groups is 1. The third-order valence-corrected chi connectivity index (χ3v) is 5.75. The van der Waals surface area contributed by atoms with Crippen molar-refractivity contribution in [2.24, 2.45) is 0 Å². The minimum Gasteiger partial charge on any atom is -0.484 e. The van der Waals surface area contributed by atoms with E-state index in [1.807, 2.05) is 0 Å². The summed E-state index contributed by atoms with van der Waals surface area (Å²) < 4.78 is 5.84. The number of nitrogens with zero attached hydrogens (tertiary/aromatic N) is 3. The molecule has 0 saturated heterocycles. The fourth-order valence-electron chi connectivity index (χ4n) is 2.14. The van der Waals surface area contributed by atoms with Crippen LogP contribution in [0.25, 0.3) is 0 Å². The molecule has 1 heterocycles. The quantitative estimate of drug-likeness (QED) is 0.204. The number of nitrogens with one attached hydrogen (secondary N) is 2. The minimum absolute atomic E-state index is 0.0548. The predicted molar refractivity (Wildman–Crippen MR) is 118 cm³/mol. The average Bonchev–Trinajstić information content (AvgIpc) is 3.19. The van der Waals surface area contributed by atoms with Gasteiger partial charge in [-0.2, -0.15) is 0 Å². The number of rotatable bonds is 9. The van der Waals surface area contributed by atoms with Gasteiger partial charge < -0.3 is 10.1 Å². The van der Waals surface area contributed by atoms with Crippen LogP contribution in [0, 0.1) is 10.1 Å². The molecule has 10 nitrogen and oxygen atoms in total. The summed E-state index contributed by atoms with van der Waals surface area (Å²) in [6.07, 6.45) is 0. The van der Waals surface area contributed by atoms with Crippen molar-refractivity contribution >= 4 is 63.0 Å². The number of amides is 2. The van der Waals surface area contributed by atoms with Gasteiger partial charge in [-0.1, -0.05) is 34.7 Å². The summed E-state index contributed by atoms with van der Waals surface area (Å²) >= 11 is 8.05. The van der Waals surface area contributed by atoms with Crippen LogP contribution in [0.1, 0.15) is 0 Å². The Morgan fingerprint density at radius 1 is 1.06 bits per heavy atom. The fraction of sp³-hybridized carbons (Fsp3) is 0.111. The minimum atomic E-state index is -0.517. The highest BCUT2D eigenvalue weighted by molar-refractivity contribution is 8.01. The zero-order chi connectivity index (χ0) is 22.2. The van der Waals surface area contributed by atoms with Gasteiger partial charge in [0.2, 0.25) is 11.0 Å². The van der Waals surface area contributed by atoms with Crippen LogP contribution in [0.3, 0.4) is 0 Å². The highest BCUT2D eigenvalue weighted by atomic mass is 35.5. The number of aromatic nitrogens is 2. The van der Waals surface area contributed by atoms with Crippen LogP contribution in [0.2, 0.25) is 5.02 Å². The third-order valence-electron chi connectivity index (χ3n) is 3.52. The van der Waals surface area contributed by atoms with E-state index in [0.717, 1.165) is 23.1 Å². The van der Waals surface area contributed by atoms with Crippen molar-refractivity contribution in [2.75, 3.05) is 23.0 Å². The van der Waals surface area contributed by atoms with E-state index in [4.69, 9.17) is 16.3 Å². The van der Waals surface area contributed by atoms with Gasteiger partial charge in [0.25, 0.3) is 11.6 Å². The second-order valence-corrected chi connectivity index (χ2v) is 8.44. The van der Waals surface area contributed by atoms with E-state index in [0.29, 0.717) is 20.8 Å². The van der Waals surface area contributed by atoms with Gasteiger partial charge in [-0.25, -0.2) is 0 Å². The van der Waals surface area contributed by atoms with Crippen LogP contribution in [0.4, 0.5) is 16.5 Å². The summed E-state index contributed by atoms with van der Waals surface area (Å²) in [6.45, 7) is -0.207. The van der Waals surface area contributed by atoms with Crippen LogP contribution in [-0.4, -0.2) is 39.3 Å². The smallest absolute Gasteiger partial charge is 0.269 e. The summed E-state index contributed by atoms with van der Waals surface area (Å²) in [7, 11) is 0. The molecule has 0 unspecified atom stereocenters. The molecule has 3 aromatic rings. The number of nitro groups is 1. The monoisotopic (exact) mass is 479 g/mol. The Morgan fingerprint density at radius 3 is 2.45 bits per heavy atom. The second-order valence-electron chi connectivity index (χ2n) is 5.80. The van der Waals surface area contributed by atoms with Crippen molar-refractivity contribution in [3.63, 3.8) is 0 Å². The average molecular weight is 480 g/mol. The maximum absolute atomic E-state index is 12.0. The summed E-state index contributed by atoms with van der Waals surface area (Å²) in [5, 5.41) is 24.5. The molecule has 0 spiro atoms. The number of hydrogen-bond acceptors (Lipinski definition) is 9. The first-order valence-corrected chi connectivity index (χ1v) is 10.8. The van der Waals surface area contributed by atoms with E-state index in [-0.39, 0.29) is 29.1 Å². The van der Waals surface area contributed by atoms with Gasteiger partial charge in [0.1, 0.15) is 5.75 Å². The second kappa shape index (κ2) is 10.7. The number of nitro benzene ring substituents is 1. The molecule has 2 N–H and O–H groups in total. The Bertz CT molecular complexity index is 1080. The molecule has 0 radical (unpaired) electrons. The van der Waals surface area contributed by atoms with E-state index < -0.39 is 10.8 Å². The molecule has 31 heavy (non-hydrogen) atoms. The van der Waals surface area contributed by atoms with E-state index in [1.54, 1.807) is 24.3 Å². The van der Waals surface area contributed by atoms with Crippen molar-refractivity contribution in [1.82, 2.24) is 10.2 Å². The maximum Gasteiger partial charge on any atom is 0.269 e. The molecule has 0 aliphatic heterocycles. The lowest BCUT2D eigenvalue weighted by Gasteiger charge is -2.05. The van der Waals surface area contributed by atoms with Gasteiger partial charge in [-0.3, -0.25) is 25.0 Å². The maximum atomic E-state index is 12.0. The zero-order valence-corrected chi connectivity index (χ0v) is 18.0. The molecule has 0 aliphatic carbocycles. The number of carbonyl (C=O) groups is 2. The lowest BCUT2D eigenvalue weighted by molar-refractivity contribution is -0.384. The molecule has 160 valence electrons. The fourth-order valence-corrected chi connectivity index (χ4v) is 3.84. The van der Waals surface area contributed by atoms with Crippen LogP contribution < -0.4 is 15.4 Å². The highest BCUT2D eigenvalue weighted by Crippen LogP contribution is 2.26. The Labute approximate surface area is 189 Å². The molecule has 2 aromatic carbocycles. The van der Waals surface area contributed by atoms with Crippen molar-refractivity contribution in [2.45, 2.75) is 4.34 Å². The summed E-state index contributed by atoms with van der Waals surface area (Å²) in [5.41, 5.74) is 0.386. The zero-order valence-electron chi connectivity index (χ0n) is 15.6. The number of carbonyl (C=O) groups excluding carboxylic acids is 2. The van der Waals surface area contributed by atoms with Gasteiger partial charge in [0, 0.05) is 22.8 Å².